The molecule has 68 valence electrons. The highest BCUT2D eigenvalue weighted by atomic mass is 16.3. The molecule has 4 nitrogen and oxygen atoms in total. The third kappa shape index (κ3) is 1.41. The average molecular weight is 178 g/mol. The highest BCUT2D eigenvalue weighted by Crippen LogP contribution is 2.10. The van der Waals surface area contributed by atoms with Gasteiger partial charge in [0.15, 0.2) is 5.88 Å². The van der Waals surface area contributed by atoms with Gasteiger partial charge in [0.25, 0.3) is 5.56 Å². The van der Waals surface area contributed by atoms with Gasteiger partial charge in [-0.05, 0) is 19.4 Å². The molecule has 0 aromatic carbocycles. The van der Waals surface area contributed by atoms with Crippen molar-refractivity contribution in [3.05, 3.63) is 27.5 Å². The minimum Gasteiger partial charge on any atom is -0.494 e. The maximum Gasteiger partial charge on any atom is 0.271 e. The first-order valence-corrected chi connectivity index (χ1v) is 3.95. The Bertz CT molecular complexity index is 426. The van der Waals surface area contributed by atoms with E-state index in [1.54, 1.807) is 13.8 Å². The second-order valence-electron chi connectivity index (χ2n) is 2.72. The van der Waals surface area contributed by atoms with Gasteiger partial charge >= 0.3 is 0 Å². The number of nitriles is 1. The van der Waals surface area contributed by atoms with Crippen molar-refractivity contribution in [3.8, 4) is 11.9 Å². The minimum atomic E-state index is -0.428. The number of hydrogen-bond acceptors (Lipinski definition) is 3. The number of rotatable bonds is 1. The third-order valence-electron chi connectivity index (χ3n) is 1.90. The molecule has 0 radical (unpaired) electrons. The first-order chi connectivity index (χ1) is 6.11. The topological polar surface area (TPSA) is 66.0 Å². The summed E-state index contributed by atoms with van der Waals surface area (Å²) in [6, 6.07) is 3.24. The van der Waals surface area contributed by atoms with Crippen LogP contribution in [0.2, 0.25) is 0 Å². The lowest BCUT2D eigenvalue weighted by molar-refractivity contribution is 0.410. The van der Waals surface area contributed by atoms with Gasteiger partial charge in [0.05, 0.1) is 0 Å². The molecule has 0 spiro atoms. The first kappa shape index (κ1) is 9.33. The van der Waals surface area contributed by atoms with E-state index in [-0.39, 0.29) is 11.4 Å². The predicted octanol–water partition coefficient (Wildman–Crippen LogP) is 0.754. The molecule has 0 aliphatic heterocycles. The zero-order valence-corrected chi connectivity index (χ0v) is 7.53. The van der Waals surface area contributed by atoms with Crippen LogP contribution in [0.25, 0.3) is 0 Å². The van der Waals surface area contributed by atoms with Crippen LogP contribution in [0.1, 0.15) is 18.1 Å². The number of aromatic nitrogens is 1. The zero-order chi connectivity index (χ0) is 10.0. The predicted molar refractivity (Wildman–Crippen MR) is 47.5 cm³/mol. The number of nitrogens with zero attached hydrogens (tertiary/aromatic N) is 2. The van der Waals surface area contributed by atoms with Gasteiger partial charge in [0, 0.05) is 12.6 Å². The molecular formula is C9H10N2O2. The number of hydrogen-bond donors (Lipinski definition) is 1. The molecule has 0 bridgehead atoms. The van der Waals surface area contributed by atoms with Gasteiger partial charge in [0.1, 0.15) is 11.6 Å². The first-order valence-electron chi connectivity index (χ1n) is 3.95. The lowest BCUT2D eigenvalue weighted by Crippen LogP contribution is -2.22. The van der Waals surface area contributed by atoms with E-state index in [1.165, 1.54) is 6.07 Å². The fraction of sp³-hybridized carbons (Fsp3) is 0.333. The summed E-state index contributed by atoms with van der Waals surface area (Å²) in [5.41, 5.74) is 0.178. The molecule has 1 N–H and O–H groups in total. The van der Waals surface area contributed by atoms with Crippen LogP contribution >= 0.6 is 0 Å². The third-order valence-corrected chi connectivity index (χ3v) is 1.90. The van der Waals surface area contributed by atoms with Gasteiger partial charge in [-0.2, -0.15) is 5.26 Å². The van der Waals surface area contributed by atoms with E-state index in [1.807, 2.05) is 6.07 Å². The zero-order valence-electron chi connectivity index (χ0n) is 7.53. The molecule has 0 atom stereocenters. The molecule has 0 saturated carbocycles. The largest absolute Gasteiger partial charge is 0.494 e. The standard InChI is InChI=1S/C9H10N2O2/c1-3-11-8(12)4-6(2)7(5-10)9(11)13/h4,12H,3H2,1-2H3. The van der Waals surface area contributed by atoms with Crippen LogP contribution in [0.5, 0.6) is 5.88 Å². The Labute approximate surface area is 75.7 Å². The number of aryl methyl sites for hydroxylation is 1. The summed E-state index contributed by atoms with van der Waals surface area (Å²) in [6.45, 7) is 3.72. The van der Waals surface area contributed by atoms with Gasteiger partial charge in [0.2, 0.25) is 0 Å². The van der Waals surface area contributed by atoms with E-state index in [2.05, 4.69) is 0 Å². The quantitative estimate of drug-likeness (QED) is 0.690. The normalized spacial score (nSPS) is 9.62. The molecule has 1 aromatic rings. The summed E-state index contributed by atoms with van der Waals surface area (Å²) in [4.78, 5) is 11.5. The maximum atomic E-state index is 11.5. The van der Waals surface area contributed by atoms with Crippen molar-refractivity contribution in [3.63, 3.8) is 0 Å². The molecule has 0 saturated heterocycles. The van der Waals surface area contributed by atoms with Crippen LogP contribution < -0.4 is 5.56 Å². The molecular weight excluding hydrogens is 168 g/mol. The van der Waals surface area contributed by atoms with Crippen molar-refractivity contribution in [1.29, 1.82) is 5.26 Å². The lowest BCUT2D eigenvalue weighted by Gasteiger charge is -2.06. The average Bonchev–Trinajstić information content (AvgIpc) is 2.04. The highest BCUT2D eigenvalue weighted by molar-refractivity contribution is 5.37. The number of aromatic hydroxyl groups is 1. The summed E-state index contributed by atoms with van der Waals surface area (Å²) in [6.07, 6.45) is 0. The van der Waals surface area contributed by atoms with Crippen molar-refractivity contribution in [2.45, 2.75) is 20.4 Å². The fourth-order valence-corrected chi connectivity index (χ4v) is 1.19. The summed E-state index contributed by atoms with van der Waals surface area (Å²) < 4.78 is 1.16. The Balaban J connectivity index is 3.61. The van der Waals surface area contributed by atoms with E-state index in [4.69, 9.17) is 5.26 Å². The van der Waals surface area contributed by atoms with Gasteiger partial charge in [-0.25, -0.2) is 0 Å². The Kier molecular flexibility index (Phi) is 2.38. The molecule has 13 heavy (non-hydrogen) atoms. The molecule has 0 aliphatic carbocycles. The summed E-state index contributed by atoms with van der Waals surface area (Å²) in [5.74, 6) is -0.0935. The van der Waals surface area contributed by atoms with Crippen LogP contribution in [0.3, 0.4) is 0 Å². The lowest BCUT2D eigenvalue weighted by atomic mass is 10.2. The van der Waals surface area contributed by atoms with Crippen LogP contribution in [0, 0.1) is 18.3 Å². The van der Waals surface area contributed by atoms with E-state index in [0.717, 1.165) is 4.57 Å². The van der Waals surface area contributed by atoms with E-state index >= 15 is 0 Å². The van der Waals surface area contributed by atoms with Crippen molar-refractivity contribution >= 4 is 0 Å². The molecule has 1 rings (SSSR count). The Morgan fingerprint density at radius 1 is 1.69 bits per heavy atom. The molecule has 0 aliphatic rings. The van der Waals surface area contributed by atoms with Crippen LogP contribution in [-0.2, 0) is 6.54 Å². The molecule has 0 fully saturated rings. The monoisotopic (exact) mass is 178 g/mol. The van der Waals surface area contributed by atoms with E-state index in [0.29, 0.717) is 12.1 Å². The summed E-state index contributed by atoms with van der Waals surface area (Å²) >= 11 is 0. The second-order valence-corrected chi connectivity index (χ2v) is 2.72. The van der Waals surface area contributed by atoms with Crippen LogP contribution in [-0.4, -0.2) is 9.67 Å². The minimum absolute atomic E-state index is 0.0935. The van der Waals surface area contributed by atoms with Crippen LogP contribution in [0.15, 0.2) is 10.9 Å². The molecule has 4 heteroatoms. The SMILES string of the molecule is CCn1c(O)cc(C)c(C#N)c1=O. The Hall–Kier alpha value is -1.76. The Morgan fingerprint density at radius 3 is 2.77 bits per heavy atom. The van der Waals surface area contributed by atoms with Gasteiger partial charge in [-0.1, -0.05) is 0 Å². The summed E-state index contributed by atoms with van der Waals surface area (Å²) in [7, 11) is 0. The molecule has 1 heterocycles. The molecule has 0 amide bonds. The van der Waals surface area contributed by atoms with Gasteiger partial charge in [-0.15, -0.1) is 0 Å². The highest BCUT2D eigenvalue weighted by Gasteiger charge is 2.09. The van der Waals surface area contributed by atoms with Gasteiger partial charge in [-0.3, -0.25) is 9.36 Å². The fourth-order valence-electron chi connectivity index (χ4n) is 1.19. The summed E-state index contributed by atoms with van der Waals surface area (Å²) in [5, 5.41) is 18.0. The second kappa shape index (κ2) is 3.31. The number of pyridine rings is 1. The van der Waals surface area contributed by atoms with E-state index < -0.39 is 5.56 Å². The van der Waals surface area contributed by atoms with Crippen molar-refractivity contribution < 1.29 is 5.11 Å². The van der Waals surface area contributed by atoms with Gasteiger partial charge < -0.3 is 5.11 Å². The Morgan fingerprint density at radius 2 is 2.31 bits per heavy atom. The van der Waals surface area contributed by atoms with Crippen LogP contribution in [0.4, 0.5) is 0 Å². The molecule has 1 aromatic heterocycles. The van der Waals surface area contributed by atoms with Crippen molar-refractivity contribution in [2.24, 2.45) is 0 Å². The molecule has 0 unspecified atom stereocenters. The van der Waals surface area contributed by atoms with E-state index in [9.17, 15) is 9.90 Å². The maximum absolute atomic E-state index is 11.5. The smallest absolute Gasteiger partial charge is 0.271 e. The van der Waals surface area contributed by atoms with Crippen molar-refractivity contribution in [1.82, 2.24) is 4.57 Å². The van der Waals surface area contributed by atoms with Crippen molar-refractivity contribution in [2.75, 3.05) is 0 Å².